The highest BCUT2D eigenvalue weighted by Gasteiger charge is 2.27. The molecular formula is C20H21Cl2N3O5. The van der Waals surface area contributed by atoms with Crippen LogP contribution >= 0.6 is 23.2 Å². The average Bonchev–Trinajstić information content (AvgIpc) is 2.74. The maximum Gasteiger partial charge on any atom is 0.294 e. The number of hydrogen-bond donors (Lipinski definition) is 0. The van der Waals surface area contributed by atoms with Crippen molar-refractivity contribution < 1.29 is 19.2 Å². The molecule has 10 heteroatoms. The summed E-state index contributed by atoms with van der Waals surface area (Å²) in [6.07, 6.45) is 0. The van der Waals surface area contributed by atoms with Crippen LogP contribution in [-0.2, 0) is 0 Å². The maximum atomic E-state index is 13.0. The van der Waals surface area contributed by atoms with Crippen molar-refractivity contribution in [3.05, 3.63) is 56.1 Å². The van der Waals surface area contributed by atoms with Crippen LogP contribution in [0.5, 0.6) is 11.5 Å². The zero-order valence-electron chi connectivity index (χ0n) is 16.6. The fourth-order valence-electron chi connectivity index (χ4n) is 3.37. The van der Waals surface area contributed by atoms with Gasteiger partial charge >= 0.3 is 0 Å². The molecule has 2 aromatic rings. The molecule has 3 rings (SSSR count). The number of rotatable bonds is 6. The molecule has 0 bridgehead atoms. The lowest BCUT2D eigenvalue weighted by molar-refractivity contribution is -0.384. The van der Waals surface area contributed by atoms with Crippen LogP contribution in [0.4, 0.5) is 11.4 Å². The van der Waals surface area contributed by atoms with Crippen molar-refractivity contribution in [2.24, 2.45) is 0 Å². The third-order valence-electron chi connectivity index (χ3n) is 4.81. The molecule has 0 atom stereocenters. The normalized spacial score (nSPS) is 13.9. The second-order valence-corrected chi connectivity index (χ2v) is 7.44. The lowest BCUT2D eigenvalue weighted by Crippen LogP contribution is -2.49. The fraction of sp³-hybridized carbons (Fsp3) is 0.350. The van der Waals surface area contributed by atoms with Crippen LogP contribution in [0.3, 0.4) is 0 Å². The lowest BCUT2D eigenvalue weighted by atomic mass is 10.1. The monoisotopic (exact) mass is 453 g/mol. The molecule has 0 aliphatic carbocycles. The number of benzene rings is 2. The molecule has 1 aliphatic heterocycles. The van der Waals surface area contributed by atoms with E-state index < -0.39 is 4.92 Å². The first kappa shape index (κ1) is 22.0. The average molecular weight is 454 g/mol. The molecular weight excluding hydrogens is 433 g/mol. The number of carbonyl (C=O) groups is 1. The van der Waals surface area contributed by atoms with Crippen LogP contribution in [0, 0.1) is 10.1 Å². The maximum absolute atomic E-state index is 13.0. The van der Waals surface area contributed by atoms with E-state index in [1.54, 1.807) is 29.2 Å². The van der Waals surface area contributed by atoms with Crippen LogP contribution in [-0.4, -0.2) is 55.6 Å². The van der Waals surface area contributed by atoms with Gasteiger partial charge < -0.3 is 19.3 Å². The van der Waals surface area contributed by atoms with Crippen LogP contribution in [0.2, 0.25) is 10.0 Å². The first-order chi connectivity index (χ1) is 14.3. The van der Waals surface area contributed by atoms with Gasteiger partial charge in [0.15, 0.2) is 11.5 Å². The van der Waals surface area contributed by atoms with E-state index in [0.29, 0.717) is 65.6 Å². The molecule has 0 spiro atoms. The number of carbonyl (C=O) groups excluding carboxylic acids is 1. The van der Waals surface area contributed by atoms with E-state index in [1.165, 1.54) is 13.2 Å². The van der Waals surface area contributed by atoms with Gasteiger partial charge in [0.2, 0.25) is 0 Å². The minimum Gasteiger partial charge on any atom is -0.493 e. The molecule has 160 valence electrons. The molecule has 0 radical (unpaired) electrons. The lowest BCUT2D eigenvalue weighted by Gasteiger charge is -2.36. The molecule has 0 aromatic heterocycles. The quantitative estimate of drug-likeness (QED) is 0.479. The SMILES string of the molecule is CCOc1c(Cl)cc(C(=O)N2CCN(c3ccc(Cl)cc3[N+](=O)[O-])CC2)cc1OC. The van der Waals surface area contributed by atoms with Crippen molar-refractivity contribution in [1.82, 2.24) is 4.90 Å². The number of nitro groups is 1. The summed E-state index contributed by atoms with van der Waals surface area (Å²) in [5.74, 6) is 0.602. The Morgan fingerprint density at radius 2 is 1.87 bits per heavy atom. The van der Waals surface area contributed by atoms with Gasteiger partial charge in [0.25, 0.3) is 11.6 Å². The summed E-state index contributed by atoms with van der Waals surface area (Å²) >= 11 is 12.2. The van der Waals surface area contributed by atoms with Gasteiger partial charge in [-0.05, 0) is 31.2 Å². The smallest absolute Gasteiger partial charge is 0.294 e. The summed E-state index contributed by atoms with van der Waals surface area (Å²) in [4.78, 5) is 27.5. The van der Waals surface area contributed by atoms with Crippen molar-refractivity contribution in [3.8, 4) is 11.5 Å². The third-order valence-corrected chi connectivity index (χ3v) is 5.32. The van der Waals surface area contributed by atoms with Gasteiger partial charge in [-0.15, -0.1) is 0 Å². The van der Waals surface area contributed by atoms with Crippen molar-refractivity contribution in [3.63, 3.8) is 0 Å². The second kappa shape index (κ2) is 9.40. The number of anilines is 1. The predicted molar refractivity (Wildman–Crippen MR) is 115 cm³/mol. The molecule has 0 N–H and O–H groups in total. The molecule has 1 heterocycles. The number of piperazine rings is 1. The van der Waals surface area contributed by atoms with Crippen molar-refractivity contribution in [2.45, 2.75) is 6.92 Å². The van der Waals surface area contributed by atoms with Gasteiger partial charge in [-0.25, -0.2) is 0 Å². The number of halogens is 2. The Bertz CT molecular complexity index is 962. The van der Waals surface area contributed by atoms with Crippen molar-refractivity contribution in [2.75, 3.05) is 44.8 Å². The van der Waals surface area contributed by atoms with Gasteiger partial charge in [-0.2, -0.15) is 0 Å². The Hall–Kier alpha value is -2.71. The predicted octanol–water partition coefficient (Wildman–Crippen LogP) is 4.27. The minimum atomic E-state index is -0.451. The molecule has 1 aliphatic rings. The minimum absolute atomic E-state index is 0.0506. The first-order valence-corrected chi connectivity index (χ1v) is 10.1. The van der Waals surface area contributed by atoms with Crippen molar-refractivity contribution in [1.29, 1.82) is 0 Å². The molecule has 8 nitrogen and oxygen atoms in total. The van der Waals surface area contributed by atoms with E-state index >= 15 is 0 Å². The number of amides is 1. The molecule has 1 fully saturated rings. The van der Waals surface area contributed by atoms with Crippen molar-refractivity contribution >= 4 is 40.5 Å². The summed E-state index contributed by atoms with van der Waals surface area (Å²) in [7, 11) is 1.49. The van der Waals surface area contributed by atoms with Crippen LogP contribution in [0.25, 0.3) is 0 Å². The zero-order valence-corrected chi connectivity index (χ0v) is 18.1. The molecule has 30 heavy (non-hydrogen) atoms. The van der Waals surface area contributed by atoms with Crippen LogP contribution in [0.15, 0.2) is 30.3 Å². The summed E-state index contributed by atoms with van der Waals surface area (Å²) < 4.78 is 10.8. The van der Waals surface area contributed by atoms with E-state index in [4.69, 9.17) is 32.7 Å². The van der Waals surface area contributed by atoms with Gasteiger partial charge in [0.1, 0.15) is 5.69 Å². The van der Waals surface area contributed by atoms with E-state index in [0.717, 1.165) is 0 Å². The highest BCUT2D eigenvalue weighted by atomic mass is 35.5. The van der Waals surface area contributed by atoms with E-state index in [-0.39, 0.29) is 11.6 Å². The Labute approximate surface area is 184 Å². The number of nitrogens with zero attached hydrogens (tertiary/aromatic N) is 3. The summed E-state index contributed by atoms with van der Waals surface area (Å²) in [6, 6.07) is 7.76. The van der Waals surface area contributed by atoms with Crippen LogP contribution < -0.4 is 14.4 Å². The third kappa shape index (κ3) is 4.55. The number of nitro benzene ring substituents is 1. The molecule has 0 saturated carbocycles. The Morgan fingerprint density at radius 1 is 1.17 bits per heavy atom. The number of methoxy groups -OCH3 is 1. The topological polar surface area (TPSA) is 85.2 Å². The molecule has 1 saturated heterocycles. The number of hydrogen-bond acceptors (Lipinski definition) is 6. The fourth-order valence-corrected chi connectivity index (χ4v) is 3.80. The Morgan fingerprint density at radius 3 is 2.47 bits per heavy atom. The highest BCUT2D eigenvalue weighted by molar-refractivity contribution is 6.32. The Balaban J connectivity index is 1.75. The second-order valence-electron chi connectivity index (χ2n) is 6.59. The largest absolute Gasteiger partial charge is 0.493 e. The Kier molecular flexibility index (Phi) is 6.89. The van der Waals surface area contributed by atoms with Gasteiger partial charge in [0, 0.05) is 42.8 Å². The molecule has 1 amide bonds. The van der Waals surface area contributed by atoms with Crippen LogP contribution in [0.1, 0.15) is 17.3 Å². The standard InChI is InChI=1S/C20H21Cl2N3O5/c1-3-30-19-15(22)10-13(11-18(19)29-2)20(26)24-8-6-23(7-9-24)16-5-4-14(21)12-17(16)25(27)28/h4-5,10-12H,3,6-9H2,1-2H3. The van der Waals surface area contributed by atoms with E-state index in [9.17, 15) is 14.9 Å². The summed E-state index contributed by atoms with van der Waals surface area (Å²) in [5, 5.41) is 12.0. The zero-order chi connectivity index (χ0) is 21.8. The van der Waals surface area contributed by atoms with Gasteiger partial charge in [-0.3, -0.25) is 14.9 Å². The molecule has 0 unspecified atom stereocenters. The van der Waals surface area contributed by atoms with E-state index in [1.807, 2.05) is 11.8 Å². The van der Waals surface area contributed by atoms with E-state index in [2.05, 4.69) is 0 Å². The van der Waals surface area contributed by atoms with Gasteiger partial charge in [-0.1, -0.05) is 23.2 Å². The highest BCUT2D eigenvalue weighted by Crippen LogP contribution is 2.37. The first-order valence-electron chi connectivity index (χ1n) is 9.34. The summed E-state index contributed by atoms with van der Waals surface area (Å²) in [5.41, 5.74) is 0.832. The number of ether oxygens (including phenoxy) is 2. The van der Waals surface area contributed by atoms with Gasteiger partial charge in [0.05, 0.1) is 23.7 Å². The summed E-state index contributed by atoms with van der Waals surface area (Å²) in [6.45, 7) is 3.98. The molecule has 2 aromatic carbocycles.